The number of hydrogen-bond donors (Lipinski definition) is 0. The molecule has 0 spiro atoms. The second kappa shape index (κ2) is 9.12. The van der Waals surface area contributed by atoms with Crippen molar-refractivity contribution in [2.45, 2.75) is 19.4 Å². The Hall–Kier alpha value is -3.95. The Labute approximate surface area is 198 Å². The van der Waals surface area contributed by atoms with Crippen molar-refractivity contribution in [1.29, 1.82) is 0 Å². The lowest BCUT2D eigenvalue weighted by molar-refractivity contribution is 0.0705. The number of pyridine rings is 1. The van der Waals surface area contributed by atoms with Crippen molar-refractivity contribution in [3.63, 3.8) is 0 Å². The van der Waals surface area contributed by atoms with Crippen LogP contribution in [-0.4, -0.2) is 87.5 Å². The molecule has 10 heteroatoms. The van der Waals surface area contributed by atoms with E-state index in [0.29, 0.717) is 43.2 Å². The number of rotatable bonds is 4. The van der Waals surface area contributed by atoms with Gasteiger partial charge < -0.3 is 14.7 Å². The molecule has 0 aliphatic carbocycles. The summed E-state index contributed by atoms with van der Waals surface area (Å²) in [7, 11) is 1.80. The molecule has 10 nitrogen and oxygen atoms in total. The summed E-state index contributed by atoms with van der Waals surface area (Å²) in [6.45, 7) is 5.41. The van der Waals surface area contributed by atoms with Crippen molar-refractivity contribution in [2.24, 2.45) is 0 Å². The average molecular weight is 461 g/mol. The molecule has 2 saturated heterocycles. The molecule has 5 rings (SSSR count). The number of aromatic nitrogens is 4. The standard InChI is InChI=1S/C24H28N8O2/c1-18-10-13-29(21-8-5-9-22(27-21)31-16-14-28(2)24(31)34)15-17-30(18)23(33)19-6-3-4-7-20(19)32-25-11-12-26-32/h3-9,11-12,18H,10,13-17H2,1-2H3/t18-/m1/s1. The minimum atomic E-state index is -0.0327. The predicted octanol–water partition coefficient (Wildman–Crippen LogP) is 2.28. The third-order valence-corrected chi connectivity index (χ3v) is 6.53. The average Bonchev–Trinajstić information content (AvgIpc) is 3.46. The molecule has 0 radical (unpaired) electrons. The molecule has 0 unspecified atom stereocenters. The van der Waals surface area contributed by atoms with Crippen LogP contribution in [0.3, 0.4) is 0 Å². The van der Waals surface area contributed by atoms with E-state index >= 15 is 0 Å². The topological polar surface area (TPSA) is 90.7 Å². The van der Waals surface area contributed by atoms with Crippen LogP contribution in [0.1, 0.15) is 23.7 Å². The van der Waals surface area contributed by atoms with Gasteiger partial charge in [-0.05, 0) is 37.6 Å². The van der Waals surface area contributed by atoms with E-state index in [0.717, 1.165) is 18.8 Å². The van der Waals surface area contributed by atoms with E-state index in [1.54, 1.807) is 29.2 Å². The third-order valence-electron chi connectivity index (χ3n) is 6.53. The Morgan fingerprint density at radius 1 is 0.912 bits per heavy atom. The summed E-state index contributed by atoms with van der Waals surface area (Å²) >= 11 is 0. The maximum Gasteiger partial charge on any atom is 0.325 e. The molecule has 3 aromatic rings. The first-order valence-electron chi connectivity index (χ1n) is 11.5. The maximum absolute atomic E-state index is 13.6. The first-order chi connectivity index (χ1) is 16.5. The minimum absolute atomic E-state index is 0.0313. The molecule has 2 fully saturated rings. The highest BCUT2D eigenvalue weighted by Crippen LogP contribution is 2.24. The number of carbonyl (C=O) groups is 2. The van der Waals surface area contributed by atoms with Gasteiger partial charge in [0.05, 0.1) is 23.6 Å². The van der Waals surface area contributed by atoms with Crippen LogP contribution in [0.5, 0.6) is 0 Å². The molecule has 176 valence electrons. The van der Waals surface area contributed by atoms with E-state index in [4.69, 9.17) is 4.98 Å². The second-order valence-corrected chi connectivity index (χ2v) is 8.67. The molecular weight excluding hydrogens is 432 g/mol. The van der Waals surface area contributed by atoms with Crippen molar-refractivity contribution >= 4 is 23.6 Å². The van der Waals surface area contributed by atoms with Crippen LogP contribution in [0.25, 0.3) is 5.69 Å². The second-order valence-electron chi connectivity index (χ2n) is 8.67. The lowest BCUT2D eigenvalue weighted by atomic mass is 10.1. The molecule has 2 aromatic heterocycles. The number of urea groups is 1. The predicted molar refractivity (Wildman–Crippen MR) is 128 cm³/mol. The Balaban J connectivity index is 1.34. The number of nitrogens with zero attached hydrogens (tertiary/aromatic N) is 8. The fourth-order valence-electron chi connectivity index (χ4n) is 4.51. The van der Waals surface area contributed by atoms with E-state index in [1.165, 1.54) is 4.80 Å². The van der Waals surface area contributed by atoms with Crippen LogP contribution in [0.4, 0.5) is 16.4 Å². The van der Waals surface area contributed by atoms with Gasteiger partial charge in [0.1, 0.15) is 11.6 Å². The van der Waals surface area contributed by atoms with Crippen LogP contribution in [0, 0.1) is 0 Å². The smallest absolute Gasteiger partial charge is 0.325 e. The van der Waals surface area contributed by atoms with E-state index in [1.807, 2.05) is 47.4 Å². The van der Waals surface area contributed by atoms with Gasteiger partial charge in [-0.1, -0.05) is 18.2 Å². The van der Waals surface area contributed by atoms with Gasteiger partial charge in [0.25, 0.3) is 5.91 Å². The zero-order chi connectivity index (χ0) is 23.7. The summed E-state index contributed by atoms with van der Waals surface area (Å²) in [6, 6.07) is 13.2. The summed E-state index contributed by atoms with van der Waals surface area (Å²) in [5.74, 6) is 1.45. The SMILES string of the molecule is C[C@@H]1CCN(c2cccc(N3CCN(C)C3=O)n2)CCN1C(=O)c1ccccc1-n1nccn1. The van der Waals surface area contributed by atoms with Gasteiger partial charge in [0, 0.05) is 45.8 Å². The summed E-state index contributed by atoms with van der Waals surface area (Å²) < 4.78 is 0. The van der Waals surface area contributed by atoms with Crippen LogP contribution in [0.15, 0.2) is 54.9 Å². The van der Waals surface area contributed by atoms with Gasteiger partial charge in [0.15, 0.2) is 0 Å². The fraction of sp³-hybridized carbons (Fsp3) is 0.375. The van der Waals surface area contributed by atoms with E-state index < -0.39 is 0 Å². The number of carbonyl (C=O) groups excluding carboxylic acids is 2. The quantitative estimate of drug-likeness (QED) is 0.593. The molecule has 1 aromatic carbocycles. The first-order valence-corrected chi connectivity index (χ1v) is 11.5. The number of para-hydroxylation sites is 1. The minimum Gasteiger partial charge on any atom is -0.355 e. The van der Waals surface area contributed by atoms with E-state index in [-0.39, 0.29) is 18.0 Å². The van der Waals surface area contributed by atoms with E-state index in [9.17, 15) is 9.59 Å². The maximum atomic E-state index is 13.6. The molecule has 2 aliphatic rings. The number of benzene rings is 1. The highest BCUT2D eigenvalue weighted by molar-refractivity contribution is 5.98. The largest absolute Gasteiger partial charge is 0.355 e. The van der Waals surface area contributed by atoms with Crippen molar-refractivity contribution < 1.29 is 9.59 Å². The fourth-order valence-corrected chi connectivity index (χ4v) is 4.51. The van der Waals surface area contributed by atoms with Crippen molar-refractivity contribution in [3.8, 4) is 5.69 Å². The van der Waals surface area contributed by atoms with Gasteiger partial charge in [-0.15, -0.1) is 0 Å². The van der Waals surface area contributed by atoms with Gasteiger partial charge in [0.2, 0.25) is 0 Å². The lowest BCUT2D eigenvalue weighted by Gasteiger charge is -2.27. The monoisotopic (exact) mass is 460 g/mol. The summed E-state index contributed by atoms with van der Waals surface area (Å²) in [5, 5.41) is 8.40. The Morgan fingerprint density at radius 3 is 2.44 bits per heavy atom. The molecule has 34 heavy (non-hydrogen) atoms. The summed E-state index contributed by atoms with van der Waals surface area (Å²) in [6.07, 6.45) is 4.01. The molecular formula is C24H28N8O2. The van der Waals surface area contributed by atoms with Crippen molar-refractivity contribution in [3.05, 3.63) is 60.4 Å². The van der Waals surface area contributed by atoms with Crippen LogP contribution >= 0.6 is 0 Å². The number of anilines is 2. The molecule has 1 atom stereocenters. The van der Waals surface area contributed by atoms with Crippen LogP contribution < -0.4 is 9.80 Å². The Kier molecular flexibility index (Phi) is 5.87. The van der Waals surface area contributed by atoms with Gasteiger partial charge in [-0.2, -0.15) is 15.0 Å². The number of hydrogen-bond acceptors (Lipinski definition) is 6. The molecule has 4 heterocycles. The molecule has 0 bridgehead atoms. The van der Waals surface area contributed by atoms with Gasteiger partial charge in [-0.3, -0.25) is 9.69 Å². The van der Waals surface area contributed by atoms with Gasteiger partial charge in [-0.25, -0.2) is 9.78 Å². The van der Waals surface area contributed by atoms with Crippen LogP contribution in [0.2, 0.25) is 0 Å². The summed E-state index contributed by atoms with van der Waals surface area (Å²) in [4.78, 5) is 39.8. The first kappa shape index (κ1) is 21.9. The third kappa shape index (κ3) is 4.07. The van der Waals surface area contributed by atoms with E-state index in [2.05, 4.69) is 22.0 Å². The number of likely N-dealkylation sites (N-methyl/N-ethyl adjacent to an activating group) is 1. The van der Waals surface area contributed by atoms with Crippen molar-refractivity contribution in [1.82, 2.24) is 29.8 Å². The molecule has 0 N–H and O–H groups in total. The zero-order valence-corrected chi connectivity index (χ0v) is 19.4. The molecule has 0 saturated carbocycles. The summed E-state index contributed by atoms with van der Waals surface area (Å²) in [5.41, 5.74) is 1.25. The molecule has 3 amide bonds. The van der Waals surface area contributed by atoms with Gasteiger partial charge >= 0.3 is 6.03 Å². The Morgan fingerprint density at radius 2 is 1.68 bits per heavy atom. The van der Waals surface area contributed by atoms with Crippen LogP contribution in [-0.2, 0) is 0 Å². The normalized spacial score (nSPS) is 19.0. The highest BCUT2D eigenvalue weighted by Gasteiger charge is 2.30. The Bertz CT molecular complexity index is 1180. The highest BCUT2D eigenvalue weighted by atomic mass is 16.2. The zero-order valence-electron chi connectivity index (χ0n) is 19.4. The van der Waals surface area contributed by atoms with Crippen molar-refractivity contribution in [2.75, 3.05) is 49.6 Å². The number of amides is 3. The lowest BCUT2D eigenvalue weighted by Crippen LogP contribution is -2.40. The molecule has 2 aliphatic heterocycles.